The zero-order chi connectivity index (χ0) is 16.8. The molecule has 1 aromatic carbocycles. The van der Waals surface area contributed by atoms with E-state index in [1.54, 1.807) is 12.1 Å². The highest BCUT2D eigenvalue weighted by Crippen LogP contribution is 2.31. The molecule has 24 heavy (non-hydrogen) atoms. The molecule has 2 N–H and O–H groups in total. The van der Waals surface area contributed by atoms with Crippen LogP contribution >= 0.6 is 0 Å². The number of ether oxygens (including phenoxy) is 1. The van der Waals surface area contributed by atoms with E-state index in [2.05, 4.69) is 10.6 Å². The van der Waals surface area contributed by atoms with Gasteiger partial charge in [-0.3, -0.25) is 9.59 Å². The van der Waals surface area contributed by atoms with Crippen molar-refractivity contribution in [1.29, 1.82) is 0 Å². The number of amides is 2. The lowest BCUT2D eigenvalue weighted by Crippen LogP contribution is -2.32. The summed E-state index contributed by atoms with van der Waals surface area (Å²) in [6.45, 7) is 1.03. The molecule has 126 valence electrons. The van der Waals surface area contributed by atoms with Crippen LogP contribution in [0.4, 0.5) is 0 Å². The highest BCUT2D eigenvalue weighted by atomic mass is 16.5. The van der Waals surface area contributed by atoms with Crippen LogP contribution in [-0.2, 0) is 4.79 Å². The Hall–Kier alpha value is -2.76. The van der Waals surface area contributed by atoms with E-state index >= 15 is 0 Å². The topological polar surface area (TPSA) is 80.6 Å². The van der Waals surface area contributed by atoms with Gasteiger partial charge in [-0.15, -0.1) is 0 Å². The zero-order valence-corrected chi connectivity index (χ0v) is 13.3. The summed E-state index contributed by atoms with van der Waals surface area (Å²) in [6, 6.07) is 11.0. The van der Waals surface area contributed by atoms with Crippen molar-refractivity contribution in [3.8, 4) is 5.75 Å². The molecule has 0 saturated heterocycles. The number of hydrogen-bond acceptors (Lipinski definition) is 4. The Balaban J connectivity index is 1.41. The number of nitrogens with one attached hydrogen (secondary N) is 2. The van der Waals surface area contributed by atoms with Crippen LogP contribution in [0.2, 0.25) is 0 Å². The monoisotopic (exact) mass is 328 g/mol. The van der Waals surface area contributed by atoms with Crippen molar-refractivity contribution in [3.05, 3.63) is 54.0 Å². The molecule has 1 atom stereocenters. The van der Waals surface area contributed by atoms with Gasteiger partial charge in [0.05, 0.1) is 18.9 Å². The lowest BCUT2D eigenvalue weighted by molar-refractivity contribution is -0.122. The van der Waals surface area contributed by atoms with Crippen molar-refractivity contribution in [2.45, 2.75) is 25.3 Å². The van der Waals surface area contributed by atoms with E-state index in [9.17, 15) is 9.59 Å². The van der Waals surface area contributed by atoms with Crippen LogP contribution in [0.1, 0.15) is 41.4 Å². The van der Waals surface area contributed by atoms with E-state index in [1.165, 1.54) is 6.26 Å². The first kappa shape index (κ1) is 16.1. The minimum atomic E-state index is -0.265. The summed E-state index contributed by atoms with van der Waals surface area (Å²) in [5.41, 5.74) is 1.02. The standard InChI is InChI=1S/C18H20N2O4/c21-17(8-3-10-19-18(22)16-7-4-11-23-16)20-14-9-12-24-15-6-2-1-5-13(14)15/h1-2,4-7,11,14H,3,8-10,12H2,(H,19,22)(H,20,21)/t14-/m0/s1. The van der Waals surface area contributed by atoms with Gasteiger partial charge in [-0.05, 0) is 24.6 Å². The van der Waals surface area contributed by atoms with E-state index in [1.807, 2.05) is 24.3 Å². The third-order valence-electron chi connectivity index (χ3n) is 3.90. The Morgan fingerprint density at radius 2 is 2.04 bits per heavy atom. The maximum Gasteiger partial charge on any atom is 0.286 e. The second kappa shape index (κ2) is 7.68. The summed E-state index contributed by atoms with van der Waals surface area (Å²) in [4.78, 5) is 23.8. The molecule has 1 aliphatic rings. The van der Waals surface area contributed by atoms with Crippen LogP contribution in [0.15, 0.2) is 47.1 Å². The van der Waals surface area contributed by atoms with Crippen LogP contribution in [0.25, 0.3) is 0 Å². The molecule has 2 heterocycles. The number of benzene rings is 1. The van der Waals surface area contributed by atoms with Crippen molar-refractivity contribution < 1.29 is 18.7 Å². The lowest BCUT2D eigenvalue weighted by atomic mass is 10.0. The number of fused-ring (bicyclic) bond motifs is 1. The highest BCUT2D eigenvalue weighted by molar-refractivity contribution is 5.91. The molecule has 3 rings (SSSR count). The molecule has 1 aliphatic heterocycles. The maximum atomic E-state index is 12.1. The van der Waals surface area contributed by atoms with Gasteiger partial charge >= 0.3 is 0 Å². The molecule has 0 radical (unpaired) electrons. The average Bonchev–Trinajstić information content (AvgIpc) is 3.14. The van der Waals surface area contributed by atoms with Crippen molar-refractivity contribution in [1.82, 2.24) is 10.6 Å². The fraction of sp³-hybridized carbons (Fsp3) is 0.333. The van der Waals surface area contributed by atoms with Crippen LogP contribution < -0.4 is 15.4 Å². The van der Waals surface area contributed by atoms with Crippen LogP contribution in [0.3, 0.4) is 0 Å². The van der Waals surface area contributed by atoms with Gasteiger partial charge in [0.2, 0.25) is 5.91 Å². The Bertz CT molecular complexity index is 697. The number of furan rings is 1. The molecular formula is C18H20N2O4. The quantitative estimate of drug-likeness (QED) is 0.798. The van der Waals surface area contributed by atoms with Gasteiger partial charge in [0.1, 0.15) is 5.75 Å². The van der Waals surface area contributed by atoms with Gasteiger partial charge in [-0.25, -0.2) is 0 Å². The van der Waals surface area contributed by atoms with E-state index in [-0.39, 0.29) is 23.6 Å². The lowest BCUT2D eigenvalue weighted by Gasteiger charge is -2.26. The number of carbonyl (C=O) groups excluding carboxylic acids is 2. The first-order valence-corrected chi connectivity index (χ1v) is 8.07. The predicted molar refractivity (Wildman–Crippen MR) is 87.7 cm³/mol. The number of carbonyl (C=O) groups is 2. The molecule has 1 aromatic heterocycles. The first-order valence-electron chi connectivity index (χ1n) is 8.07. The second-order valence-corrected chi connectivity index (χ2v) is 5.63. The number of rotatable bonds is 6. The molecule has 0 aliphatic carbocycles. The molecule has 2 aromatic rings. The maximum absolute atomic E-state index is 12.1. The number of para-hydroxylation sites is 1. The molecular weight excluding hydrogens is 308 g/mol. The second-order valence-electron chi connectivity index (χ2n) is 5.63. The Morgan fingerprint density at radius 1 is 1.17 bits per heavy atom. The molecule has 0 fully saturated rings. The van der Waals surface area contributed by atoms with Crippen molar-refractivity contribution in [2.24, 2.45) is 0 Å². The minimum absolute atomic E-state index is 0.0137. The van der Waals surface area contributed by atoms with Gasteiger partial charge < -0.3 is 19.8 Å². The van der Waals surface area contributed by atoms with Crippen LogP contribution in [0, 0.1) is 0 Å². The normalized spacial score (nSPS) is 15.9. The van der Waals surface area contributed by atoms with Crippen molar-refractivity contribution >= 4 is 11.8 Å². The van der Waals surface area contributed by atoms with Gasteiger partial charge in [0.15, 0.2) is 5.76 Å². The third kappa shape index (κ3) is 3.95. The summed E-state index contributed by atoms with van der Waals surface area (Å²) >= 11 is 0. The van der Waals surface area contributed by atoms with E-state index in [4.69, 9.17) is 9.15 Å². The molecule has 0 saturated carbocycles. The first-order chi connectivity index (χ1) is 11.7. The van der Waals surface area contributed by atoms with Crippen molar-refractivity contribution in [2.75, 3.05) is 13.2 Å². The van der Waals surface area contributed by atoms with E-state index in [0.29, 0.717) is 26.0 Å². The summed E-state index contributed by atoms with van der Waals surface area (Å²) in [6.07, 6.45) is 3.15. The SMILES string of the molecule is O=C(CCCNC(=O)c1ccco1)N[C@H]1CCOc2ccccc21. The van der Waals surface area contributed by atoms with Crippen molar-refractivity contribution in [3.63, 3.8) is 0 Å². The molecule has 0 bridgehead atoms. The minimum Gasteiger partial charge on any atom is -0.493 e. The van der Waals surface area contributed by atoms with E-state index in [0.717, 1.165) is 17.7 Å². The van der Waals surface area contributed by atoms with Crippen LogP contribution in [-0.4, -0.2) is 25.0 Å². The zero-order valence-electron chi connectivity index (χ0n) is 13.3. The largest absolute Gasteiger partial charge is 0.493 e. The summed E-state index contributed by atoms with van der Waals surface area (Å²) in [5, 5.41) is 5.77. The predicted octanol–water partition coefficient (Wildman–Crippen LogP) is 2.43. The Morgan fingerprint density at radius 3 is 2.88 bits per heavy atom. The molecule has 6 nitrogen and oxygen atoms in total. The Labute approximate surface area is 140 Å². The van der Waals surface area contributed by atoms with Gasteiger partial charge in [0.25, 0.3) is 5.91 Å². The Kier molecular flexibility index (Phi) is 5.15. The fourth-order valence-electron chi connectivity index (χ4n) is 2.70. The van der Waals surface area contributed by atoms with Crippen LogP contribution in [0.5, 0.6) is 5.75 Å². The summed E-state index contributed by atoms with van der Waals surface area (Å²) < 4.78 is 10.6. The molecule has 2 amide bonds. The smallest absolute Gasteiger partial charge is 0.286 e. The fourth-order valence-corrected chi connectivity index (χ4v) is 2.70. The van der Waals surface area contributed by atoms with Gasteiger partial charge in [-0.2, -0.15) is 0 Å². The molecule has 0 unspecified atom stereocenters. The molecule has 0 spiro atoms. The third-order valence-corrected chi connectivity index (χ3v) is 3.90. The summed E-state index contributed by atoms with van der Waals surface area (Å²) in [7, 11) is 0. The van der Waals surface area contributed by atoms with Gasteiger partial charge in [0, 0.05) is 24.9 Å². The molecule has 6 heteroatoms. The highest BCUT2D eigenvalue weighted by Gasteiger charge is 2.22. The van der Waals surface area contributed by atoms with E-state index < -0.39 is 0 Å². The van der Waals surface area contributed by atoms with Gasteiger partial charge in [-0.1, -0.05) is 18.2 Å². The summed E-state index contributed by atoms with van der Waals surface area (Å²) in [5.74, 6) is 0.820. The average molecular weight is 328 g/mol. The number of hydrogen-bond donors (Lipinski definition) is 2.